The smallest absolute Gasteiger partial charge is 0.254 e. The Morgan fingerprint density at radius 1 is 1.15 bits per heavy atom. The highest BCUT2D eigenvalue weighted by Gasteiger charge is 2.47. The normalized spacial score (nSPS) is 33.0. The van der Waals surface area contributed by atoms with Gasteiger partial charge in [-0.3, -0.25) is 4.79 Å². The number of carbonyl (C=O) groups excluding carboxylic acids is 1. The van der Waals surface area contributed by atoms with E-state index in [1.807, 2.05) is 4.90 Å². The van der Waals surface area contributed by atoms with Crippen LogP contribution >= 0.6 is 0 Å². The van der Waals surface area contributed by atoms with Crippen LogP contribution in [0.1, 0.15) is 49.9 Å². The molecule has 20 heavy (non-hydrogen) atoms. The highest BCUT2D eigenvalue weighted by atomic mass is 19.1. The van der Waals surface area contributed by atoms with Gasteiger partial charge in [0, 0.05) is 17.6 Å². The third-order valence-electron chi connectivity index (χ3n) is 5.30. The lowest BCUT2D eigenvalue weighted by atomic mass is 9.77. The summed E-state index contributed by atoms with van der Waals surface area (Å²) in [5.74, 6) is 0.888. The molecule has 1 aromatic rings. The van der Waals surface area contributed by atoms with Crippen molar-refractivity contribution in [2.24, 2.45) is 11.8 Å². The molecule has 4 atom stereocenters. The first-order chi connectivity index (χ1) is 9.59. The second-order valence-corrected chi connectivity index (χ2v) is 6.32. The topological polar surface area (TPSA) is 20.3 Å². The van der Waals surface area contributed by atoms with Crippen LogP contribution in [0.5, 0.6) is 0 Å². The molecule has 1 amide bonds. The van der Waals surface area contributed by atoms with Crippen LogP contribution in [-0.4, -0.2) is 22.9 Å². The number of benzene rings is 1. The predicted octanol–water partition coefficient (Wildman–Crippen LogP) is 3.86. The van der Waals surface area contributed by atoms with Gasteiger partial charge in [0.2, 0.25) is 0 Å². The Bertz CT molecular complexity index is 497. The minimum atomic E-state index is -0.340. The van der Waals surface area contributed by atoms with Gasteiger partial charge < -0.3 is 4.90 Å². The molecule has 1 saturated heterocycles. The summed E-state index contributed by atoms with van der Waals surface area (Å²) in [6.45, 7) is 4.31. The maximum absolute atomic E-state index is 13.3. The first-order valence-corrected chi connectivity index (χ1v) is 7.68. The molecule has 108 valence electrons. The van der Waals surface area contributed by atoms with Gasteiger partial charge in [-0.15, -0.1) is 0 Å². The highest BCUT2D eigenvalue weighted by Crippen LogP contribution is 2.44. The van der Waals surface area contributed by atoms with Crippen LogP contribution in [0.4, 0.5) is 4.39 Å². The summed E-state index contributed by atoms with van der Waals surface area (Å²) >= 11 is 0. The minimum absolute atomic E-state index is 0.0149. The van der Waals surface area contributed by atoms with Gasteiger partial charge in [-0.25, -0.2) is 4.39 Å². The summed E-state index contributed by atoms with van der Waals surface area (Å²) in [4.78, 5) is 14.7. The molecule has 3 heteroatoms. The zero-order valence-corrected chi connectivity index (χ0v) is 12.2. The molecule has 0 aromatic heterocycles. The predicted molar refractivity (Wildman–Crippen MR) is 76.9 cm³/mol. The van der Waals surface area contributed by atoms with Crippen molar-refractivity contribution < 1.29 is 9.18 Å². The fourth-order valence-electron chi connectivity index (χ4n) is 4.31. The van der Waals surface area contributed by atoms with Gasteiger partial charge in [0.15, 0.2) is 0 Å². The zero-order valence-electron chi connectivity index (χ0n) is 12.2. The SMILES string of the molecule is CC1C2CCCCC2C(C)N1C(=O)c1cccc(F)c1. The summed E-state index contributed by atoms with van der Waals surface area (Å²) in [5.41, 5.74) is 0.474. The number of fused-ring (bicyclic) bond motifs is 1. The Morgan fingerprint density at radius 3 is 2.30 bits per heavy atom. The standard InChI is InChI=1S/C17H22FNO/c1-11-15-8-3-4-9-16(15)12(2)19(11)17(20)13-6-5-7-14(18)10-13/h5-7,10-12,15-16H,3-4,8-9H2,1-2H3. The molecule has 1 aliphatic carbocycles. The van der Waals surface area contributed by atoms with E-state index in [-0.39, 0.29) is 23.8 Å². The number of nitrogens with zero attached hydrogens (tertiary/aromatic N) is 1. The summed E-state index contributed by atoms with van der Waals surface area (Å²) in [7, 11) is 0. The van der Waals surface area contributed by atoms with Crippen LogP contribution in [0.3, 0.4) is 0 Å². The number of hydrogen-bond donors (Lipinski definition) is 0. The third kappa shape index (κ3) is 2.13. The Kier molecular flexibility index (Phi) is 3.53. The van der Waals surface area contributed by atoms with Gasteiger partial charge in [-0.1, -0.05) is 18.9 Å². The Morgan fingerprint density at radius 2 is 1.75 bits per heavy atom. The fourth-order valence-corrected chi connectivity index (χ4v) is 4.31. The van der Waals surface area contributed by atoms with Gasteiger partial charge in [0.05, 0.1) is 0 Å². The van der Waals surface area contributed by atoms with Crippen molar-refractivity contribution in [1.82, 2.24) is 4.90 Å². The summed E-state index contributed by atoms with van der Waals surface area (Å²) in [6.07, 6.45) is 5.01. The number of carbonyl (C=O) groups is 1. The molecule has 0 radical (unpaired) electrons. The van der Waals surface area contributed by atoms with Gasteiger partial charge in [-0.05, 0) is 56.7 Å². The average Bonchev–Trinajstić information content (AvgIpc) is 2.71. The molecule has 0 bridgehead atoms. The molecule has 4 unspecified atom stereocenters. The summed E-state index contributed by atoms with van der Waals surface area (Å²) in [5, 5.41) is 0. The molecule has 2 aliphatic rings. The van der Waals surface area contributed by atoms with E-state index in [0.29, 0.717) is 17.4 Å². The monoisotopic (exact) mass is 275 g/mol. The van der Waals surface area contributed by atoms with Crippen molar-refractivity contribution in [2.75, 3.05) is 0 Å². The molecule has 1 saturated carbocycles. The number of amides is 1. The summed E-state index contributed by atoms with van der Waals surface area (Å²) in [6, 6.07) is 6.60. The maximum Gasteiger partial charge on any atom is 0.254 e. The van der Waals surface area contributed by atoms with Crippen LogP contribution in [0.15, 0.2) is 24.3 Å². The van der Waals surface area contributed by atoms with Crippen molar-refractivity contribution >= 4 is 5.91 Å². The zero-order chi connectivity index (χ0) is 14.3. The molecule has 1 heterocycles. The Hall–Kier alpha value is -1.38. The molecule has 2 nitrogen and oxygen atoms in total. The molecule has 1 aliphatic heterocycles. The lowest BCUT2D eigenvalue weighted by molar-refractivity contribution is 0.0671. The second kappa shape index (κ2) is 5.19. The summed E-state index contributed by atoms with van der Waals surface area (Å²) < 4.78 is 13.3. The maximum atomic E-state index is 13.3. The van der Waals surface area contributed by atoms with Crippen molar-refractivity contribution in [1.29, 1.82) is 0 Å². The van der Waals surface area contributed by atoms with Crippen molar-refractivity contribution in [3.05, 3.63) is 35.6 Å². The molecule has 1 aromatic carbocycles. The largest absolute Gasteiger partial charge is 0.333 e. The van der Waals surface area contributed by atoms with E-state index in [9.17, 15) is 9.18 Å². The average molecular weight is 275 g/mol. The first-order valence-electron chi connectivity index (χ1n) is 7.68. The first kappa shape index (κ1) is 13.6. The van der Waals surface area contributed by atoms with Crippen LogP contribution in [0.25, 0.3) is 0 Å². The molecule has 2 fully saturated rings. The van der Waals surface area contributed by atoms with Gasteiger partial charge in [-0.2, -0.15) is 0 Å². The van der Waals surface area contributed by atoms with Crippen molar-refractivity contribution in [3.8, 4) is 0 Å². The van der Waals surface area contributed by atoms with Crippen molar-refractivity contribution in [3.63, 3.8) is 0 Å². The molecule has 0 N–H and O–H groups in total. The molecule has 0 spiro atoms. The third-order valence-corrected chi connectivity index (χ3v) is 5.30. The van der Waals surface area contributed by atoms with E-state index >= 15 is 0 Å². The van der Waals surface area contributed by atoms with E-state index in [2.05, 4.69) is 13.8 Å². The minimum Gasteiger partial charge on any atom is -0.333 e. The van der Waals surface area contributed by atoms with Crippen LogP contribution < -0.4 is 0 Å². The second-order valence-electron chi connectivity index (χ2n) is 6.32. The highest BCUT2D eigenvalue weighted by molar-refractivity contribution is 5.94. The quantitative estimate of drug-likeness (QED) is 0.762. The van der Waals surface area contributed by atoms with Crippen LogP contribution in [-0.2, 0) is 0 Å². The Balaban J connectivity index is 1.87. The van der Waals surface area contributed by atoms with E-state index in [1.165, 1.54) is 37.8 Å². The van der Waals surface area contributed by atoms with Crippen LogP contribution in [0.2, 0.25) is 0 Å². The number of hydrogen-bond acceptors (Lipinski definition) is 1. The molecular formula is C17H22FNO. The van der Waals surface area contributed by atoms with E-state index < -0.39 is 0 Å². The number of halogens is 1. The van der Waals surface area contributed by atoms with Gasteiger partial charge in [0.1, 0.15) is 5.82 Å². The lowest BCUT2D eigenvalue weighted by Gasteiger charge is -2.28. The molecule has 3 rings (SSSR count). The Labute approximate surface area is 120 Å². The van der Waals surface area contributed by atoms with Gasteiger partial charge >= 0.3 is 0 Å². The number of rotatable bonds is 1. The van der Waals surface area contributed by atoms with E-state index in [4.69, 9.17) is 0 Å². The van der Waals surface area contributed by atoms with E-state index in [0.717, 1.165) is 0 Å². The van der Waals surface area contributed by atoms with Crippen LogP contribution in [0, 0.1) is 17.7 Å². The van der Waals surface area contributed by atoms with Crippen molar-refractivity contribution in [2.45, 2.75) is 51.6 Å². The molecular weight excluding hydrogens is 253 g/mol. The lowest BCUT2D eigenvalue weighted by Crippen LogP contribution is -2.40. The fraction of sp³-hybridized carbons (Fsp3) is 0.588. The van der Waals surface area contributed by atoms with E-state index in [1.54, 1.807) is 12.1 Å². The number of likely N-dealkylation sites (tertiary alicyclic amines) is 1. The van der Waals surface area contributed by atoms with Gasteiger partial charge in [0.25, 0.3) is 5.91 Å².